The minimum atomic E-state index is -0.266. The lowest BCUT2D eigenvalue weighted by Crippen LogP contribution is -2.08. The van der Waals surface area contributed by atoms with Crippen LogP contribution in [0.5, 0.6) is 0 Å². The van der Waals surface area contributed by atoms with E-state index in [-0.39, 0.29) is 5.82 Å². The molecule has 0 aliphatic heterocycles. The Labute approximate surface area is 119 Å². The molecule has 4 heteroatoms. The van der Waals surface area contributed by atoms with E-state index in [1.807, 2.05) is 20.8 Å². The Morgan fingerprint density at radius 2 is 1.90 bits per heavy atom. The molecule has 0 aliphatic rings. The summed E-state index contributed by atoms with van der Waals surface area (Å²) in [5.74, 6) is 1.15. The molecule has 2 rings (SSSR count). The number of nitrogens with zero attached hydrogens (tertiary/aromatic N) is 2. The van der Waals surface area contributed by atoms with Crippen molar-refractivity contribution in [3.05, 3.63) is 40.8 Å². The van der Waals surface area contributed by atoms with E-state index in [0.29, 0.717) is 5.82 Å². The first-order chi connectivity index (χ1) is 9.56. The fourth-order valence-electron chi connectivity index (χ4n) is 2.20. The molecule has 0 radical (unpaired) electrons. The van der Waals surface area contributed by atoms with Gasteiger partial charge in [-0.15, -0.1) is 0 Å². The topological polar surface area (TPSA) is 37.8 Å². The van der Waals surface area contributed by atoms with Crippen molar-refractivity contribution in [3.63, 3.8) is 0 Å². The molecule has 0 fully saturated rings. The number of rotatable bonds is 4. The van der Waals surface area contributed by atoms with Crippen molar-refractivity contribution in [2.24, 2.45) is 0 Å². The third-order valence-electron chi connectivity index (χ3n) is 3.37. The Morgan fingerprint density at radius 3 is 2.55 bits per heavy atom. The van der Waals surface area contributed by atoms with Crippen LogP contribution in [0.15, 0.2) is 18.2 Å². The molecule has 1 N–H and O–H groups in total. The molecule has 0 bridgehead atoms. The molecule has 2 aromatic rings. The lowest BCUT2D eigenvalue weighted by Gasteiger charge is -2.13. The van der Waals surface area contributed by atoms with Gasteiger partial charge in [-0.1, -0.05) is 13.0 Å². The highest BCUT2D eigenvalue weighted by molar-refractivity contribution is 5.63. The molecule has 1 aromatic heterocycles. The maximum Gasteiger partial charge on any atom is 0.162 e. The molecular formula is C16H20FN3. The monoisotopic (exact) mass is 273 g/mol. The molecule has 0 saturated carbocycles. The van der Waals surface area contributed by atoms with Gasteiger partial charge < -0.3 is 5.32 Å². The van der Waals surface area contributed by atoms with E-state index in [2.05, 4.69) is 22.2 Å². The maximum absolute atomic E-state index is 13.5. The number of anilines is 1. The Hall–Kier alpha value is -1.97. The fraction of sp³-hybridized carbons (Fsp3) is 0.375. The summed E-state index contributed by atoms with van der Waals surface area (Å²) in [4.78, 5) is 9.14. The zero-order valence-corrected chi connectivity index (χ0v) is 12.4. The summed E-state index contributed by atoms with van der Waals surface area (Å²) in [7, 11) is 0. The Kier molecular flexibility index (Phi) is 4.32. The normalized spacial score (nSPS) is 10.7. The molecule has 0 saturated heterocycles. The lowest BCUT2D eigenvalue weighted by atomic mass is 10.1. The van der Waals surface area contributed by atoms with E-state index in [1.54, 1.807) is 6.07 Å². The van der Waals surface area contributed by atoms with E-state index in [9.17, 15) is 4.39 Å². The second-order valence-corrected chi connectivity index (χ2v) is 4.81. The van der Waals surface area contributed by atoms with Crippen LogP contribution in [0.25, 0.3) is 11.4 Å². The summed E-state index contributed by atoms with van der Waals surface area (Å²) in [6.45, 7) is 8.84. The van der Waals surface area contributed by atoms with Gasteiger partial charge in [0.25, 0.3) is 0 Å². The summed E-state index contributed by atoms with van der Waals surface area (Å²) >= 11 is 0. The number of hydrogen-bond donors (Lipinski definition) is 1. The summed E-state index contributed by atoms with van der Waals surface area (Å²) in [5.41, 5.74) is 3.78. The summed E-state index contributed by atoms with van der Waals surface area (Å²) < 4.78 is 13.5. The van der Waals surface area contributed by atoms with Gasteiger partial charge in [-0.25, -0.2) is 14.4 Å². The maximum atomic E-state index is 13.5. The van der Waals surface area contributed by atoms with Crippen LogP contribution in [0.3, 0.4) is 0 Å². The van der Waals surface area contributed by atoms with E-state index >= 15 is 0 Å². The van der Waals surface area contributed by atoms with Crippen LogP contribution in [0.2, 0.25) is 0 Å². The van der Waals surface area contributed by atoms with Gasteiger partial charge in [0.1, 0.15) is 11.6 Å². The molecule has 20 heavy (non-hydrogen) atoms. The zero-order chi connectivity index (χ0) is 14.7. The third-order valence-corrected chi connectivity index (χ3v) is 3.37. The predicted octanol–water partition coefficient (Wildman–Crippen LogP) is 3.89. The largest absolute Gasteiger partial charge is 0.370 e. The van der Waals surface area contributed by atoms with Gasteiger partial charge in [0.2, 0.25) is 0 Å². The first-order valence-corrected chi connectivity index (χ1v) is 6.94. The van der Waals surface area contributed by atoms with E-state index in [4.69, 9.17) is 0 Å². The Bertz CT molecular complexity index is 623. The Morgan fingerprint density at radius 1 is 1.15 bits per heavy atom. The average molecular weight is 273 g/mol. The number of aromatic nitrogens is 2. The molecular weight excluding hydrogens is 253 g/mol. The number of nitrogens with one attached hydrogen (secondary N) is 1. The lowest BCUT2D eigenvalue weighted by molar-refractivity contribution is 0.627. The summed E-state index contributed by atoms with van der Waals surface area (Å²) in [5, 5.41) is 3.25. The van der Waals surface area contributed by atoms with Gasteiger partial charge in [-0.2, -0.15) is 0 Å². The molecule has 106 valence electrons. The molecule has 0 atom stereocenters. The first kappa shape index (κ1) is 14.4. The van der Waals surface area contributed by atoms with Gasteiger partial charge in [0.15, 0.2) is 5.82 Å². The zero-order valence-electron chi connectivity index (χ0n) is 12.4. The minimum absolute atomic E-state index is 0.266. The van der Waals surface area contributed by atoms with Crippen LogP contribution in [-0.4, -0.2) is 16.5 Å². The van der Waals surface area contributed by atoms with Crippen molar-refractivity contribution in [3.8, 4) is 11.4 Å². The minimum Gasteiger partial charge on any atom is -0.370 e. The van der Waals surface area contributed by atoms with Crippen LogP contribution in [0.4, 0.5) is 10.2 Å². The smallest absolute Gasteiger partial charge is 0.162 e. The van der Waals surface area contributed by atoms with E-state index in [1.165, 1.54) is 12.1 Å². The number of hydrogen-bond acceptors (Lipinski definition) is 3. The highest BCUT2D eigenvalue weighted by Gasteiger charge is 2.13. The fourth-order valence-corrected chi connectivity index (χ4v) is 2.20. The van der Waals surface area contributed by atoms with Gasteiger partial charge in [0.05, 0.1) is 0 Å². The molecule has 1 heterocycles. The summed E-state index contributed by atoms with van der Waals surface area (Å²) in [6, 6.07) is 4.71. The van der Waals surface area contributed by atoms with Crippen molar-refractivity contribution < 1.29 is 4.39 Å². The number of aryl methyl sites for hydroxylation is 2. The second-order valence-electron chi connectivity index (χ2n) is 4.81. The molecule has 0 amide bonds. The highest BCUT2D eigenvalue weighted by atomic mass is 19.1. The Balaban J connectivity index is 2.61. The van der Waals surface area contributed by atoms with Gasteiger partial charge >= 0.3 is 0 Å². The molecule has 1 aromatic carbocycles. The highest BCUT2D eigenvalue weighted by Crippen LogP contribution is 2.25. The SMILES string of the molecule is CCNc1nc(-c2cc(F)ccc2C)nc(CC)c1C. The van der Waals surface area contributed by atoms with Gasteiger partial charge in [-0.05, 0) is 44.9 Å². The molecule has 0 aliphatic carbocycles. The average Bonchev–Trinajstić information content (AvgIpc) is 2.44. The van der Waals surface area contributed by atoms with Gasteiger partial charge in [0, 0.05) is 23.4 Å². The second kappa shape index (κ2) is 5.99. The van der Waals surface area contributed by atoms with Crippen molar-refractivity contribution in [2.75, 3.05) is 11.9 Å². The predicted molar refractivity (Wildman–Crippen MR) is 80.4 cm³/mol. The van der Waals surface area contributed by atoms with E-state index in [0.717, 1.165) is 41.2 Å². The summed E-state index contributed by atoms with van der Waals surface area (Å²) in [6.07, 6.45) is 0.827. The molecule has 3 nitrogen and oxygen atoms in total. The van der Waals surface area contributed by atoms with E-state index < -0.39 is 0 Å². The van der Waals surface area contributed by atoms with Crippen LogP contribution in [0, 0.1) is 19.7 Å². The van der Waals surface area contributed by atoms with Crippen molar-refractivity contribution >= 4 is 5.82 Å². The standard InChI is InChI=1S/C16H20FN3/c1-5-14-11(4)15(18-6-2)20-16(19-14)13-9-12(17)8-7-10(13)3/h7-9H,5-6H2,1-4H3,(H,18,19,20). The van der Waals surface area contributed by atoms with Crippen molar-refractivity contribution in [2.45, 2.75) is 34.1 Å². The molecule has 0 unspecified atom stereocenters. The van der Waals surface area contributed by atoms with Crippen molar-refractivity contribution in [1.82, 2.24) is 9.97 Å². The number of halogens is 1. The van der Waals surface area contributed by atoms with Crippen LogP contribution in [-0.2, 0) is 6.42 Å². The quantitative estimate of drug-likeness (QED) is 0.918. The van der Waals surface area contributed by atoms with Gasteiger partial charge in [-0.3, -0.25) is 0 Å². The van der Waals surface area contributed by atoms with Crippen molar-refractivity contribution in [1.29, 1.82) is 0 Å². The first-order valence-electron chi connectivity index (χ1n) is 6.94. The number of benzene rings is 1. The molecule has 0 spiro atoms. The van der Waals surface area contributed by atoms with Crippen LogP contribution < -0.4 is 5.32 Å². The van der Waals surface area contributed by atoms with Crippen LogP contribution >= 0.6 is 0 Å². The third kappa shape index (κ3) is 2.79. The van der Waals surface area contributed by atoms with Crippen LogP contribution in [0.1, 0.15) is 30.7 Å².